The first-order valence-electron chi connectivity index (χ1n) is 7.77. The third-order valence-corrected chi connectivity index (χ3v) is 5.03. The lowest BCUT2D eigenvalue weighted by Crippen LogP contribution is -2.39. The number of amides is 2. The number of rotatable bonds is 4. The van der Waals surface area contributed by atoms with Crippen LogP contribution in [0.2, 0.25) is 0 Å². The topological polar surface area (TPSA) is 84.2 Å². The highest BCUT2D eigenvalue weighted by Crippen LogP contribution is 2.34. The van der Waals surface area contributed by atoms with Gasteiger partial charge in [-0.15, -0.1) is 11.3 Å². The van der Waals surface area contributed by atoms with Crippen LogP contribution < -0.4 is 5.32 Å². The number of nitrogens with one attached hydrogen (secondary N) is 1. The van der Waals surface area contributed by atoms with E-state index in [9.17, 15) is 4.79 Å². The van der Waals surface area contributed by atoms with Gasteiger partial charge in [0.25, 0.3) is 0 Å². The molecule has 2 heterocycles. The fourth-order valence-electron chi connectivity index (χ4n) is 2.92. The zero-order valence-corrected chi connectivity index (χ0v) is 14.4. The van der Waals surface area contributed by atoms with Crippen molar-refractivity contribution in [3.8, 4) is 0 Å². The maximum Gasteiger partial charge on any atom is 0.317 e. The van der Waals surface area contributed by atoms with Crippen molar-refractivity contribution < 1.29 is 9.32 Å². The molecule has 0 saturated carbocycles. The zero-order chi connectivity index (χ0) is 16.4. The third-order valence-electron chi connectivity index (χ3n) is 3.99. The quantitative estimate of drug-likeness (QED) is 0.927. The minimum absolute atomic E-state index is 0.133. The molecule has 0 spiro atoms. The molecule has 1 aliphatic rings. The van der Waals surface area contributed by atoms with Crippen molar-refractivity contribution in [1.82, 2.24) is 25.3 Å². The molecule has 2 aromatic heterocycles. The summed E-state index contributed by atoms with van der Waals surface area (Å²) in [5.41, 5.74) is 1.19. The van der Waals surface area contributed by atoms with E-state index in [4.69, 9.17) is 4.52 Å². The average molecular weight is 335 g/mol. The Balaban J connectivity index is 1.56. The molecule has 2 aromatic rings. The molecule has 0 aromatic carbocycles. The summed E-state index contributed by atoms with van der Waals surface area (Å²) in [6.45, 7) is 4.71. The van der Waals surface area contributed by atoms with Gasteiger partial charge in [-0.2, -0.15) is 4.98 Å². The summed E-state index contributed by atoms with van der Waals surface area (Å²) in [6, 6.07) is -0.133. The van der Waals surface area contributed by atoms with E-state index in [1.165, 1.54) is 10.6 Å². The van der Waals surface area contributed by atoms with Crippen LogP contribution in [-0.4, -0.2) is 39.6 Å². The smallest absolute Gasteiger partial charge is 0.317 e. The number of thiazole rings is 1. The Hall–Kier alpha value is -1.96. The summed E-state index contributed by atoms with van der Waals surface area (Å²) in [5.74, 6) is 1.31. The lowest BCUT2D eigenvalue weighted by atomic mass is 9.91. The fourth-order valence-corrected chi connectivity index (χ4v) is 3.99. The van der Waals surface area contributed by atoms with Gasteiger partial charge in [-0.1, -0.05) is 5.16 Å². The van der Waals surface area contributed by atoms with Gasteiger partial charge in [0.2, 0.25) is 5.89 Å². The number of carbonyl (C=O) groups excluding carboxylic acids is 1. The van der Waals surface area contributed by atoms with Gasteiger partial charge in [-0.05, 0) is 26.2 Å². The molecule has 0 bridgehead atoms. The van der Waals surface area contributed by atoms with Crippen LogP contribution >= 0.6 is 11.3 Å². The minimum Gasteiger partial charge on any atom is -0.340 e. The van der Waals surface area contributed by atoms with Gasteiger partial charge < -0.3 is 14.7 Å². The number of fused-ring (bicyclic) bond motifs is 1. The van der Waals surface area contributed by atoms with Crippen LogP contribution in [0, 0.1) is 13.8 Å². The maximum atomic E-state index is 12.2. The van der Waals surface area contributed by atoms with Crippen molar-refractivity contribution in [2.45, 2.75) is 45.6 Å². The first-order valence-corrected chi connectivity index (χ1v) is 8.59. The minimum atomic E-state index is -0.133. The van der Waals surface area contributed by atoms with Crippen molar-refractivity contribution in [3.63, 3.8) is 0 Å². The highest BCUT2D eigenvalue weighted by Gasteiger charge is 2.26. The Labute approximate surface area is 139 Å². The predicted octanol–water partition coefficient (Wildman–Crippen LogP) is 2.40. The molecular formula is C15H21N5O2S. The first kappa shape index (κ1) is 15.9. The Kier molecular flexibility index (Phi) is 4.61. The van der Waals surface area contributed by atoms with Crippen LogP contribution in [0.1, 0.15) is 46.1 Å². The van der Waals surface area contributed by atoms with Gasteiger partial charge in [0.05, 0.1) is 17.2 Å². The summed E-state index contributed by atoms with van der Waals surface area (Å²) in [7, 11) is 1.81. The third kappa shape index (κ3) is 3.69. The number of aromatic nitrogens is 3. The Morgan fingerprint density at radius 1 is 1.43 bits per heavy atom. The number of hydrogen-bond donors (Lipinski definition) is 1. The van der Waals surface area contributed by atoms with E-state index < -0.39 is 0 Å². The van der Waals surface area contributed by atoms with E-state index in [-0.39, 0.29) is 12.6 Å². The van der Waals surface area contributed by atoms with Gasteiger partial charge in [-0.3, -0.25) is 0 Å². The van der Waals surface area contributed by atoms with Crippen LogP contribution in [0.5, 0.6) is 0 Å². The van der Waals surface area contributed by atoms with Crippen molar-refractivity contribution in [2.75, 3.05) is 13.6 Å². The van der Waals surface area contributed by atoms with E-state index >= 15 is 0 Å². The van der Waals surface area contributed by atoms with E-state index in [0.717, 1.165) is 24.3 Å². The summed E-state index contributed by atoms with van der Waals surface area (Å²) < 4.78 is 4.89. The summed E-state index contributed by atoms with van der Waals surface area (Å²) >= 11 is 1.78. The second kappa shape index (κ2) is 6.66. The van der Waals surface area contributed by atoms with E-state index in [1.807, 2.05) is 14.0 Å². The lowest BCUT2D eigenvalue weighted by molar-refractivity contribution is 0.203. The largest absolute Gasteiger partial charge is 0.340 e. The molecule has 0 unspecified atom stereocenters. The molecule has 23 heavy (non-hydrogen) atoms. The van der Waals surface area contributed by atoms with E-state index in [1.54, 1.807) is 23.2 Å². The Morgan fingerprint density at radius 2 is 2.26 bits per heavy atom. The highest BCUT2D eigenvalue weighted by atomic mass is 32.1. The second-order valence-electron chi connectivity index (χ2n) is 5.90. The van der Waals surface area contributed by atoms with Crippen LogP contribution in [0.3, 0.4) is 0 Å². The molecule has 8 heteroatoms. The number of nitrogens with zero attached hydrogens (tertiary/aromatic N) is 4. The van der Waals surface area contributed by atoms with E-state index in [0.29, 0.717) is 24.2 Å². The standard InChI is InChI=1S/C15H21N5O2S/c1-9-17-13(19-22-9)7-16-15(21)20(3)8-11-5-4-6-12-14(11)18-10(2)23-12/h11H,4-8H2,1-3H3,(H,16,21)/t11-/m1/s1. The number of carbonyl (C=O) groups is 1. The predicted molar refractivity (Wildman–Crippen MR) is 86.4 cm³/mol. The van der Waals surface area contributed by atoms with E-state index in [2.05, 4.69) is 20.4 Å². The maximum absolute atomic E-state index is 12.2. The normalized spacial score (nSPS) is 16.9. The van der Waals surface area contributed by atoms with Crippen LogP contribution in [0.15, 0.2) is 4.52 Å². The summed E-state index contributed by atoms with van der Waals surface area (Å²) in [5, 5.41) is 7.69. The number of urea groups is 1. The first-order chi connectivity index (χ1) is 11.0. The molecule has 124 valence electrons. The second-order valence-corrected chi connectivity index (χ2v) is 7.19. The molecule has 7 nitrogen and oxygen atoms in total. The lowest BCUT2D eigenvalue weighted by Gasteiger charge is -2.26. The number of aryl methyl sites for hydroxylation is 3. The molecule has 2 amide bonds. The van der Waals surface area contributed by atoms with Crippen molar-refractivity contribution in [2.24, 2.45) is 0 Å². The molecule has 1 aliphatic carbocycles. The highest BCUT2D eigenvalue weighted by molar-refractivity contribution is 7.11. The van der Waals surface area contributed by atoms with Gasteiger partial charge in [-0.25, -0.2) is 9.78 Å². The van der Waals surface area contributed by atoms with Crippen LogP contribution in [-0.2, 0) is 13.0 Å². The van der Waals surface area contributed by atoms with Crippen molar-refractivity contribution >= 4 is 17.4 Å². The Morgan fingerprint density at radius 3 is 3.00 bits per heavy atom. The van der Waals surface area contributed by atoms with Crippen molar-refractivity contribution in [1.29, 1.82) is 0 Å². The summed E-state index contributed by atoms with van der Waals surface area (Å²) in [6.07, 6.45) is 3.36. The van der Waals surface area contributed by atoms with Gasteiger partial charge in [0.15, 0.2) is 5.82 Å². The molecule has 0 aliphatic heterocycles. The molecular weight excluding hydrogens is 314 g/mol. The van der Waals surface area contributed by atoms with Crippen molar-refractivity contribution in [3.05, 3.63) is 27.3 Å². The van der Waals surface area contributed by atoms with Crippen LogP contribution in [0.25, 0.3) is 0 Å². The molecule has 1 atom stereocenters. The summed E-state index contributed by atoms with van der Waals surface area (Å²) in [4.78, 5) is 24.1. The SMILES string of the molecule is Cc1nc(CNC(=O)N(C)C[C@H]2CCCc3sc(C)nc32)no1. The van der Waals surface area contributed by atoms with Crippen LogP contribution in [0.4, 0.5) is 4.79 Å². The molecule has 0 saturated heterocycles. The molecule has 1 N–H and O–H groups in total. The zero-order valence-electron chi connectivity index (χ0n) is 13.6. The van der Waals surface area contributed by atoms with Gasteiger partial charge >= 0.3 is 6.03 Å². The molecule has 3 rings (SSSR count). The van der Waals surface area contributed by atoms with Gasteiger partial charge in [0, 0.05) is 31.3 Å². The number of hydrogen-bond acceptors (Lipinski definition) is 6. The average Bonchev–Trinajstić information content (AvgIpc) is 3.10. The fraction of sp³-hybridized carbons (Fsp3) is 0.600. The number of likely N-dealkylation sites (N-methyl/N-ethyl adjacent to an activating group) is 1. The molecule has 0 fully saturated rings. The Bertz CT molecular complexity index is 696. The van der Waals surface area contributed by atoms with Gasteiger partial charge in [0.1, 0.15) is 0 Å². The molecule has 0 radical (unpaired) electrons. The monoisotopic (exact) mass is 335 g/mol.